The third kappa shape index (κ3) is 5.19. The molecule has 0 aliphatic rings. The zero-order chi connectivity index (χ0) is 22.5. The molecule has 0 bridgehead atoms. The van der Waals surface area contributed by atoms with Crippen LogP contribution in [0.3, 0.4) is 0 Å². The van der Waals surface area contributed by atoms with Gasteiger partial charge in [0.05, 0.1) is 0 Å². The van der Waals surface area contributed by atoms with Crippen molar-refractivity contribution in [2.45, 2.75) is 26.7 Å². The third-order valence-electron chi connectivity index (χ3n) is 5.17. The second-order valence-electron chi connectivity index (χ2n) is 7.98. The molecule has 1 amide bonds. The number of ether oxygens (including phenoxy) is 1. The van der Waals surface area contributed by atoms with Crippen molar-refractivity contribution >= 4 is 11.6 Å². The fourth-order valence-corrected chi connectivity index (χ4v) is 3.20. The van der Waals surface area contributed by atoms with Gasteiger partial charge in [-0.3, -0.25) is 4.79 Å². The number of benzene rings is 3. The largest absolute Gasteiger partial charge is 0.424 e. The molecular weight excluding hydrogens is 398 g/mol. The predicted octanol–water partition coefficient (Wildman–Crippen LogP) is 6.62. The molecule has 4 aromatic rings. The summed E-state index contributed by atoms with van der Waals surface area (Å²) in [7, 11) is 0. The molecule has 3 aromatic carbocycles. The van der Waals surface area contributed by atoms with Crippen molar-refractivity contribution in [2.75, 3.05) is 5.32 Å². The molecule has 0 radical (unpaired) electrons. The van der Waals surface area contributed by atoms with Crippen LogP contribution >= 0.6 is 0 Å². The van der Waals surface area contributed by atoms with Crippen LogP contribution in [0.2, 0.25) is 0 Å². The Labute approximate surface area is 188 Å². The number of anilines is 1. The lowest BCUT2D eigenvalue weighted by molar-refractivity contribution is 0.102. The standard InChI is InChI=1S/C27H25N3O2/c1-18(2)20-8-12-24(13-9-20)30-26(31)22-10-14-25(15-11-22)32-27-28-16-23(17-29-27)21-6-4-19(3)5-7-21/h4-18H,1-3H3,(H,30,31). The lowest BCUT2D eigenvalue weighted by Gasteiger charge is -2.09. The van der Waals surface area contributed by atoms with Crippen LogP contribution in [-0.2, 0) is 0 Å². The highest BCUT2D eigenvalue weighted by Gasteiger charge is 2.08. The van der Waals surface area contributed by atoms with Gasteiger partial charge in [0.25, 0.3) is 5.91 Å². The van der Waals surface area contributed by atoms with Gasteiger partial charge in [0.2, 0.25) is 0 Å². The molecule has 0 unspecified atom stereocenters. The molecule has 5 heteroatoms. The van der Waals surface area contributed by atoms with Gasteiger partial charge in [0.1, 0.15) is 5.75 Å². The second kappa shape index (κ2) is 9.43. The molecule has 0 atom stereocenters. The van der Waals surface area contributed by atoms with E-state index in [4.69, 9.17) is 4.74 Å². The molecule has 4 rings (SSSR count). The minimum absolute atomic E-state index is 0.174. The van der Waals surface area contributed by atoms with Gasteiger partial charge in [-0.1, -0.05) is 55.8 Å². The highest BCUT2D eigenvalue weighted by molar-refractivity contribution is 6.04. The van der Waals surface area contributed by atoms with Crippen molar-refractivity contribution in [3.63, 3.8) is 0 Å². The number of aromatic nitrogens is 2. The van der Waals surface area contributed by atoms with Crippen LogP contribution in [0, 0.1) is 6.92 Å². The van der Waals surface area contributed by atoms with Crippen LogP contribution in [0.15, 0.2) is 85.2 Å². The van der Waals surface area contributed by atoms with E-state index in [-0.39, 0.29) is 11.9 Å². The van der Waals surface area contributed by atoms with Gasteiger partial charge in [-0.2, -0.15) is 0 Å². The number of nitrogens with zero attached hydrogens (tertiary/aromatic N) is 2. The Morgan fingerprint density at radius 3 is 2.03 bits per heavy atom. The van der Waals surface area contributed by atoms with Crippen LogP contribution in [0.4, 0.5) is 5.69 Å². The van der Waals surface area contributed by atoms with E-state index < -0.39 is 0 Å². The first kappa shape index (κ1) is 21.2. The highest BCUT2D eigenvalue weighted by Crippen LogP contribution is 2.23. The maximum atomic E-state index is 12.5. The summed E-state index contributed by atoms with van der Waals surface area (Å²) in [5.74, 6) is 0.841. The smallest absolute Gasteiger partial charge is 0.321 e. The second-order valence-corrected chi connectivity index (χ2v) is 7.98. The summed E-state index contributed by atoms with van der Waals surface area (Å²) in [6, 6.07) is 23.2. The SMILES string of the molecule is Cc1ccc(-c2cnc(Oc3ccc(C(=O)Nc4ccc(C(C)C)cc4)cc3)nc2)cc1. The average Bonchev–Trinajstić information content (AvgIpc) is 2.81. The first-order chi connectivity index (χ1) is 15.5. The van der Waals surface area contributed by atoms with E-state index in [0.29, 0.717) is 17.2 Å². The number of amides is 1. The Morgan fingerprint density at radius 2 is 1.44 bits per heavy atom. The number of hydrogen-bond acceptors (Lipinski definition) is 4. The van der Waals surface area contributed by atoms with Crippen LogP contribution < -0.4 is 10.1 Å². The number of carbonyl (C=O) groups is 1. The Balaban J connectivity index is 1.38. The molecule has 0 spiro atoms. The summed E-state index contributed by atoms with van der Waals surface area (Å²) in [5, 5.41) is 2.91. The molecular formula is C27H25N3O2. The first-order valence-electron chi connectivity index (χ1n) is 10.6. The summed E-state index contributed by atoms with van der Waals surface area (Å²) in [6.07, 6.45) is 3.47. The van der Waals surface area contributed by atoms with E-state index in [0.717, 1.165) is 16.8 Å². The van der Waals surface area contributed by atoms with Gasteiger partial charge in [0, 0.05) is 29.2 Å². The van der Waals surface area contributed by atoms with Crippen molar-refractivity contribution in [3.05, 3.63) is 102 Å². The Bertz CT molecular complexity index is 1180. The summed E-state index contributed by atoms with van der Waals surface area (Å²) < 4.78 is 5.72. The maximum Gasteiger partial charge on any atom is 0.321 e. The molecule has 0 aliphatic carbocycles. The van der Waals surface area contributed by atoms with Crippen LogP contribution in [0.5, 0.6) is 11.8 Å². The number of hydrogen-bond donors (Lipinski definition) is 1. The monoisotopic (exact) mass is 423 g/mol. The van der Waals surface area contributed by atoms with Gasteiger partial charge in [0.15, 0.2) is 0 Å². The fraction of sp³-hybridized carbons (Fsp3) is 0.148. The molecule has 0 saturated carbocycles. The normalized spacial score (nSPS) is 10.8. The summed E-state index contributed by atoms with van der Waals surface area (Å²) in [4.78, 5) is 21.1. The molecule has 1 N–H and O–H groups in total. The topological polar surface area (TPSA) is 64.1 Å². The molecule has 32 heavy (non-hydrogen) atoms. The molecule has 0 aliphatic heterocycles. The van der Waals surface area contributed by atoms with E-state index in [9.17, 15) is 4.79 Å². The van der Waals surface area contributed by atoms with Crippen molar-refractivity contribution in [1.82, 2.24) is 9.97 Å². The fourth-order valence-electron chi connectivity index (χ4n) is 3.20. The number of nitrogens with one attached hydrogen (secondary N) is 1. The molecule has 0 fully saturated rings. The van der Waals surface area contributed by atoms with E-state index in [2.05, 4.69) is 48.2 Å². The van der Waals surface area contributed by atoms with Gasteiger partial charge in [-0.15, -0.1) is 0 Å². The third-order valence-corrected chi connectivity index (χ3v) is 5.17. The lowest BCUT2D eigenvalue weighted by Crippen LogP contribution is -2.11. The quantitative estimate of drug-likeness (QED) is 0.378. The number of rotatable bonds is 6. The Morgan fingerprint density at radius 1 is 0.812 bits per heavy atom. The van der Waals surface area contributed by atoms with Gasteiger partial charge in [-0.05, 0) is 60.4 Å². The van der Waals surface area contributed by atoms with E-state index in [1.54, 1.807) is 36.7 Å². The zero-order valence-electron chi connectivity index (χ0n) is 18.4. The van der Waals surface area contributed by atoms with Crippen LogP contribution in [-0.4, -0.2) is 15.9 Å². The Kier molecular flexibility index (Phi) is 6.26. The minimum Gasteiger partial charge on any atom is -0.424 e. The summed E-state index contributed by atoms with van der Waals surface area (Å²) in [5.41, 5.74) is 5.72. The molecule has 1 aromatic heterocycles. The van der Waals surface area contributed by atoms with Gasteiger partial charge < -0.3 is 10.1 Å². The maximum absolute atomic E-state index is 12.5. The van der Waals surface area contributed by atoms with E-state index >= 15 is 0 Å². The Hall–Kier alpha value is -3.99. The highest BCUT2D eigenvalue weighted by atomic mass is 16.5. The van der Waals surface area contributed by atoms with Crippen molar-refractivity contribution in [2.24, 2.45) is 0 Å². The number of aryl methyl sites for hydroxylation is 1. The zero-order valence-corrected chi connectivity index (χ0v) is 18.4. The molecule has 5 nitrogen and oxygen atoms in total. The molecule has 0 saturated heterocycles. The number of carbonyl (C=O) groups excluding carboxylic acids is 1. The summed E-state index contributed by atoms with van der Waals surface area (Å²) >= 11 is 0. The molecule has 160 valence electrons. The minimum atomic E-state index is -0.174. The van der Waals surface area contributed by atoms with Crippen LogP contribution in [0.1, 0.15) is 41.3 Å². The van der Waals surface area contributed by atoms with Crippen molar-refractivity contribution < 1.29 is 9.53 Å². The van der Waals surface area contributed by atoms with Crippen molar-refractivity contribution in [3.8, 4) is 22.9 Å². The van der Waals surface area contributed by atoms with Gasteiger partial charge in [-0.25, -0.2) is 9.97 Å². The lowest BCUT2D eigenvalue weighted by atomic mass is 10.0. The predicted molar refractivity (Wildman–Crippen MR) is 127 cm³/mol. The average molecular weight is 424 g/mol. The van der Waals surface area contributed by atoms with Crippen molar-refractivity contribution in [1.29, 1.82) is 0 Å². The summed E-state index contributed by atoms with van der Waals surface area (Å²) in [6.45, 7) is 6.33. The van der Waals surface area contributed by atoms with Gasteiger partial charge >= 0.3 is 6.01 Å². The van der Waals surface area contributed by atoms with E-state index in [1.807, 2.05) is 36.4 Å². The van der Waals surface area contributed by atoms with Crippen LogP contribution in [0.25, 0.3) is 11.1 Å². The van der Waals surface area contributed by atoms with E-state index in [1.165, 1.54) is 11.1 Å². The molecule has 1 heterocycles. The first-order valence-corrected chi connectivity index (χ1v) is 10.6.